The number of aromatic nitrogens is 4. The number of aliphatic hydroxyl groups is 1. The topological polar surface area (TPSA) is 190 Å². The number of nitrogens with two attached hydrogens (primary N) is 1. The van der Waals surface area contributed by atoms with E-state index in [1.165, 1.54) is 4.90 Å². The van der Waals surface area contributed by atoms with Crippen molar-refractivity contribution >= 4 is 29.0 Å². The second kappa shape index (κ2) is 18.0. The summed E-state index contributed by atoms with van der Waals surface area (Å²) in [5.41, 5.74) is 13.5. The molecule has 290 valence electrons. The molecule has 0 spiro atoms. The third kappa shape index (κ3) is 9.56. The molecular weight excluding hydrogens is 719 g/mol. The van der Waals surface area contributed by atoms with E-state index < -0.39 is 24.1 Å². The molecule has 5 N–H and O–H groups in total. The molecule has 4 heterocycles. The van der Waals surface area contributed by atoms with Gasteiger partial charge in [-0.25, -0.2) is 4.98 Å². The summed E-state index contributed by atoms with van der Waals surface area (Å²) in [6.45, 7) is 8.35. The van der Waals surface area contributed by atoms with Crippen LogP contribution in [0.4, 0.5) is 5.82 Å². The molecule has 3 aromatic heterocycles. The molecule has 1 fully saturated rings. The zero-order valence-electron chi connectivity index (χ0n) is 31.6. The van der Waals surface area contributed by atoms with Crippen LogP contribution in [-0.2, 0) is 20.7 Å². The van der Waals surface area contributed by atoms with Gasteiger partial charge in [0, 0.05) is 31.2 Å². The quantitative estimate of drug-likeness (QED) is 0.0843. The third-order valence-electron chi connectivity index (χ3n) is 9.99. The van der Waals surface area contributed by atoms with Crippen LogP contribution in [0, 0.1) is 19.8 Å². The van der Waals surface area contributed by atoms with Crippen LogP contribution in [-0.4, -0.2) is 79.2 Å². The van der Waals surface area contributed by atoms with Gasteiger partial charge in [-0.1, -0.05) is 61.8 Å². The molecule has 1 aliphatic heterocycles. The Morgan fingerprint density at radius 1 is 1.07 bits per heavy atom. The molecular formula is C41H49N7O6S. The van der Waals surface area contributed by atoms with E-state index in [-0.39, 0.29) is 43.1 Å². The summed E-state index contributed by atoms with van der Waals surface area (Å²) in [4.78, 5) is 35.0. The number of nitrogens with zero attached hydrogens (tertiary/aromatic N) is 5. The molecule has 2 amide bonds. The lowest BCUT2D eigenvalue weighted by atomic mass is 9.91. The zero-order valence-corrected chi connectivity index (χ0v) is 32.5. The maximum atomic E-state index is 14.0. The number of anilines is 1. The van der Waals surface area contributed by atoms with Crippen molar-refractivity contribution in [1.82, 2.24) is 30.6 Å². The van der Waals surface area contributed by atoms with Gasteiger partial charge in [0.1, 0.15) is 29.3 Å². The number of phenolic OH excluding ortho intramolecular Hbond substituents is 1. The Morgan fingerprint density at radius 2 is 1.85 bits per heavy atom. The number of carbonyl (C=O) groups excluding carboxylic acids is 2. The van der Waals surface area contributed by atoms with Crippen LogP contribution in [0.2, 0.25) is 0 Å². The number of aromatic hydroxyl groups is 1. The van der Waals surface area contributed by atoms with Gasteiger partial charge in [-0.3, -0.25) is 9.59 Å². The number of likely N-dealkylation sites (tertiary alicyclic amines) is 1. The maximum Gasteiger partial charge on any atom is 0.243 e. The molecule has 1 aliphatic rings. The summed E-state index contributed by atoms with van der Waals surface area (Å²) >= 11 is 1.57. The third-order valence-corrected chi connectivity index (χ3v) is 11.0. The van der Waals surface area contributed by atoms with Crippen molar-refractivity contribution in [3.8, 4) is 27.4 Å². The van der Waals surface area contributed by atoms with Gasteiger partial charge in [-0.15, -0.1) is 21.5 Å². The van der Waals surface area contributed by atoms with Gasteiger partial charge in [0.15, 0.2) is 0 Å². The van der Waals surface area contributed by atoms with Crippen molar-refractivity contribution in [2.75, 3.05) is 25.5 Å². The highest BCUT2D eigenvalue weighted by atomic mass is 32.1. The molecule has 1 saturated heterocycles. The lowest BCUT2D eigenvalue weighted by Crippen LogP contribution is -2.49. The summed E-state index contributed by atoms with van der Waals surface area (Å²) in [7, 11) is 0. The number of ether oxygens (including phenoxy) is 1. The summed E-state index contributed by atoms with van der Waals surface area (Å²) in [6, 6.07) is 17.2. The molecule has 2 aromatic carbocycles. The number of nitrogen functional groups attached to an aromatic ring is 1. The predicted molar refractivity (Wildman–Crippen MR) is 210 cm³/mol. The first kappa shape index (κ1) is 39.5. The molecule has 4 atom stereocenters. The van der Waals surface area contributed by atoms with Crippen LogP contribution in [0.15, 0.2) is 70.7 Å². The molecule has 5 aromatic rings. The van der Waals surface area contributed by atoms with Crippen molar-refractivity contribution < 1.29 is 29.1 Å². The number of unbranched alkanes of at least 4 members (excludes halogenated alkanes) is 2. The lowest BCUT2D eigenvalue weighted by Gasteiger charge is -2.30. The lowest BCUT2D eigenvalue weighted by molar-refractivity contribution is -0.141. The fourth-order valence-electron chi connectivity index (χ4n) is 7.04. The average Bonchev–Trinajstić information content (AvgIpc) is 3.91. The number of hydrogen-bond acceptors (Lipinski definition) is 12. The molecule has 14 heteroatoms. The van der Waals surface area contributed by atoms with E-state index in [1.54, 1.807) is 42.5 Å². The number of rotatable bonds is 16. The first-order valence-corrected chi connectivity index (χ1v) is 19.6. The molecule has 55 heavy (non-hydrogen) atoms. The van der Waals surface area contributed by atoms with E-state index in [9.17, 15) is 19.8 Å². The van der Waals surface area contributed by atoms with Gasteiger partial charge < -0.3 is 35.4 Å². The Hall–Kier alpha value is -5.18. The Kier molecular flexibility index (Phi) is 12.9. The normalized spacial score (nSPS) is 16.7. The molecule has 0 radical (unpaired) electrons. The average molecular weight is 768 g/mol. The summed E-state index contributed by atoms with van der Waals surface area (Å²) in [5, 5.41) is 36.4. The number of phenols is 1. The summed E-state index contributed by atoms with van der Waals surface area (Å²) < 4.78 is 11.7. The van der Waals surface area contributed by atoms with Crippen molar-refractivity contribution in [3.05, 3.63) is 94.4 Å². The van der Waals surface area contributed by atoms with Crippen molar-refractivity contribution in [3.63, 3.8) is 0 Å². The van der Waals surface area contributed by atoms with Crippen LogP contribution in [0.1, 0.15) is 79.8 Å². The van der Waals surface area contributed by atoms with E-state index in [1.807, 2.05) is 62.7 Å². The molecule has 0 bridgehead atoms. The number of amides is 2. The summed E-state index contributed by atoms with van der Waals surface area (Å²) in [5.74, 6) is -0.457. The van der Waals surface area contributed by atoms with Crippen LogP contribution >= 0.6 is 11.3 Å². The van der Waals surface area contributed by atoms with E-state index >= 15 is 0 Å². The molecule has 0 aliphatic carbocycles. The number of nitrogens with one attached hydrogen (secondary N) is 1. The Balaban J connectivity index is 1.10. The van der Waals surface area contributed by atoms with Gasteiger partial charge in [0.05, 0.1) is 46.2 Å². The van der Waals surface area contributed by atoms with Gasteiger partial charge in [-0.05, 0) is 73.9 Å². The number of thiazole rings is 1. The van der Waals surface area contributed by atoms with Gasteiger partial charge in [-0.2, -0.15) is 0 Å². The molecule has 0 unspecified atom stereocenters. The molecule has 13 nitrogen and oxygen atoms in total. The highest BCUT2D eigenvalue weighted by Gasteiger charge is 2.43. The summed E-state index contributed by atoms with van der Waals surface area (Å²) in [6.07, 6.45) is 2.48. The number of aliphatic hydroxyl groups excluding tert-OH is 1. The fraction of sp³-hybridized carbons (Fsp3) is 0.415. The Bertz CT molecular complexity index is 2070. The van der Waals surface area contributed by atoms with Crippen LogP contribution in [0.5, 0.6) is 5.75 Å². The van der Waals surface area contributed by atoms with E-state index in [2.05, 4.69) is 25.7 Å². The number of β-amino-alcohol motifs (C(OH)–C–C–N with tert-alkyl or cyclic N) is 1. The Morgan fingerprint density at radius 3 is 2.55 bits per heavy atom. The van der Waals surface area contributed by atoms with Crippen molar-refractivity contribution in [1.29, 1.82) is 0 Å². The smallest absolute Gasteiger partial charge is 0.243 e. The van der Waals surface area contributed by atoms with Gasteiger partial charge >= 0.3 is 0 Å². The predicted octanol–water partition coefficient (Wildman–Crippen LogP) is 6.15. The number of aryl methyl sites for hydroxylation is 3. The maximum absolute atomic E-state index is 14.0. The first-order valence-electron chi connectivity index (χ1n) is 18.7. The molecule has 0 saturated carbocycles. The minimum absolute atomic E-state index is 0.0502. The highest BCUT2D eigenvalue weighted by Crippen LogP contribution is 2.33. The highest BCUT2D eigenvalue weighted by molar-refractivity contribution is 7.13. The first-order chi connectivity index (χ1) is 26.5. The van der Waals surface area contributed by atoms with Crippen molar-refractivity contribution in [2.45, 2.75) is 83.9 Å². The monoisotopic (exact) mass is 767 g/mol. The van der Waals surface area contributed by atoms with Crippen LogP contribution in [0.25, 0.3) is 21.7 Å². The van der Waals surface area contributed by atoms with Crippen molar-refractivity contribution in [2.24, 2.45) is 5.92 Å². The SMILES string of the molecule is Cc1cc([C@@H](C(=O)N2C[C@H](O)C[C@H]2C(=O)N[C@H](COCCCCCc2cc(-c3ccccc3O)nnc2N)c2ccc(-c3scnc3C)cc2)C(C)C)on1. The van der Waals surface area contributed by atoms with E-state index in [4.69, 9.17) is 15.0 Å². The fourth-order valence-corrected chi connectivity index (χ4v) is 7.86. The Labute approximate surface area is 324 Å². The van der Waals surface area contributed by atoms with Gasteiger partial charge in [0.2, 0.25) is 11.8 Å². The zero-order chi connectivity index (χ0) is 39.1. The minimum atomic E-state index is -0.865. The largest absolute Gasteiger partial charge is 0.507 e. The van der Waals surface area contributed by atoms with E-state index in [0.29, 0.717) is 41.6 Å². The second-order valence-electron chi connectivity index (χ2n) is 14.5. The van der Waals surface area contributed by atoms with Gasteiger partial charge in [0.25, 0.3) is 0 Å². The standard InChI is InChI=1S/C41H49N7O6S/c1-24(2)37(36-18-25(3)47-54-36)41(52)48-21-30(49)20-34(48)40(51)44-33(27-13-15-28(16-14-27)38-26(4)43-23-55-38)22-53-17-9-5-6-10-29-19-32(45-46-39(29)42)31-11-7-8-12-35(31)50/h7-8,11-16,18-19,23-24,30,33-34,37,49-50H,5-6,9-10,17,20-22H2,1-4H3,(H2,42,46)(H,44,51)/t30-,33-,34+,37+/m1/s1. The number of carbonyl (C=O) groups is 2. The number of hydrogen-bond donors (Lipinski definition) is 4. The molecule has 6 rings (SSSR count). The second-order valence-corrected chi connectivity index (χ2v) is 15.3. The number of benzene rings is 2. The minimum Gasteiger partial charge on any atom is -0.507 e. The van der Waals surface area contributed by atoms with Crippen LogP contribution in [0.3, 0.4) is 0 Å². The van der Waals surface area contributed by atoms with Crippen LogP contribution < -0.4 is 11.1 Å². The van der Waals surface area contributed by atoms with E-state index in [0.717, 1.165) is 46.5 Å². The number of para-hydroxylation sites is 1.